The van der Waals surface area contributed by atoms with Gasteiger partial charge in [0.05, 0.1) is 18.1 Å². The molecule has 5 heteroatoms. The lowest BCUT2D eigenvalue weighted by atomic mass is 9.92. The largest absolute Gasteiger partial charge is 0.390 e. The van der Waals surface area contributed by atoms with E-state index in [0.29, 0.717) is 19.4 Å². The molecule has 5 nitrogen and oxygen atoms in total. The molecule has 2 aromatic carbocycles. The van der Waals surface area contributed by atoms with Gasteiger partial charge in [0.1, 0.15) is 0 Å². The second-order valence-electron chi connectivity index (χ2n) is 9.78. The van der Waals surface area contributed by atoms with Crippen molar-refractivity contribution in [3.8, 4) is 0 Å². The molecule has 0 aliphatic heterocycles. The summed E-state index contributed by atoms with van der Waals surface area (Å²) in [5, 5.41) is 17.6. The number of rotatable bonds is 13. The van der Waals surface area contributed by atoms with E-state index in [-0.39, 0.29) is 23.3 Å². The summed E-state index contributed by atoms with van der Waals surface area (Å²) in [7, 11) is 4.14. The zero-order valence-electron chi connectivity index (χ0n) is 20.3. The minimum Gasteiger partial charge on any atom is -0.390 e. The first-order valence-corrected chi connectivity index (χ1v) is 11.6. The molecule has 1 amide bonds. The van der Waals surface area contributed by atoms with Gasteiger partial charge in [-0.15, -0.1) is 0 Å². The first-order chi connectivity index (χ1) is 15.2. The molecule has 0 fully saturated rings. The number of nitrogens with one attached hydrogen (secondary N) is 2. The third-order valence-electron chi connectivity index (χ3n) is 5.72. The molecule has 176 valence electrons. The maximum atomic E-state index is 13.2. The van der Waals surface area contributed by atoms with Crippen molar-refractivity contribution < 1.29 is 9.90 Å². The minimum absolute atomic E-state index is 0.0355. The lowest BCUT2D eigenvalue weighted by Crippen LogP contribution is -2.51. The van der Waals surface area contributed by atoms with Crippen LogP contribution in [0.15, 0.2) is 60.7 Å². The van der Waals surface area contributed by atoms with Crippen molar-refractivity contribution in [2.75, 3.05) is 33.7 Å². The van der Waals surface area contributed by atoms with Crippen LogP contribution >= 0.6 is 0 Å². The highest BCUT2D eigenvalue weighted by atomic mass is 16.3. The number of nitrogens with zero attached hydrogens (tertiary/aromatic N) is 1. The Labute approximate surface area is 194 Å². The predicted octanol–water partition coefficient (Wildman–Crippen LogP) is 3.45. The zero-order valence-corrected chi connectivity index (χ0v) is 20.3. The van der Waals surface area contributed by atoms with Gasteiger partial charge in [0, 0.05) is 19.6 Å². The highest BCUT2D eigenvalue weighted by Gasteiger charge is 2.27. The molecule has 2 aromatic rings. The van der Waals surface area contributed by atoms with Gasteiger partial charge in [0.25, 0.3) is 0 Å². The van der Waals surface area contributed by atoms with E-state index in [2.05, 4.69) is 43.5 Å². The van der Waals surface area contributed by atoms with Crippen molar-refractivity contribution in [3.05, 3.63) is 71.8 Å². The molecule has 2 rings (SSSR count). The maximum Gasteiger partial charge on any atom is 0.227 e. The molecular weight excluding hydrogens is 398 g/mol. The van der Waals surface area contributed by atoms with Crippen LogP contribution < -0.4 is 10.6 Å². The highest BCUT2D eigenvalue weighted by Crippen LogP contribution is 2.20. The molecule has 0 heterocycles. The second kappa shape index (κ2) is 12.7. The fraction of sp³-hybridized carbons (Fsp3) is 0.519. The quantitative estimate of drug-likeness (QED) is 0.447. The molecule has 0 saturated heterocycles. The van der Waals surface area contributed by atoms with E-state index in [1.54, 1.807) is 0 Å². The van der Waals surface area contributed by atoms with E-state index in [0.717, 1.165) is 24.2 Å². The standard InChI is InChI=1S/C27H41N3O2/c1-6-23(22-15-11-8-12-16-22)26(32)29-24(17-21-13-9-7-10-14-21)25(31)18-28-19-27(2,3)20-30(4)5/h7-16,23-25,28,31H,6,17-20H2,1-5H3,(H,29,32)/t23?,24-,25+/m0/s1. The lowest BCUT2D eigenvalue weighted by molar-refractivity contribution is -0.124. The Morgan fingerprint density at radius 1 is 1.03 bits per heavy atom. The Balaban J connectivity index is 2.07. The molecule has 0 aliphatic carbocycles. The summed E-state index contributed by atoms with van der Waals surface area (Å²) < 4.78 is 0. The van der Waals surface area contributed by atoms with Crippen LogP contribution in [0.4, 0.5) is 0 Å². The van der Waals surface area contributed by atoms with Gasteiger partial charge in [0.2, 0.25) is 5.91 Å². The van der Waals surface area contributed by atoms with Crippen LogP contribution in [0.3, 0.4) is 0 Å². The van der Waals surface area contributed by atoms with Gasteiger partial charge in [-0.1, -0.05) is 81.4 Å². The molecule has 0 aromatic heterocycles. The number of hydrogen-bond donors (Lipinski definition) is 3. The summed E-state index contributed by atoms with van der Waals surface area (Å²) in [6, 6.07) is 19.5. The summed E-state index contributed by atoms with van der Waals surface area (Å²) in [6.07, 6.45) is 0.602. The maximum absolute atomic E-state index is 13.2. The topological polar surface area (TPSA) is 64.6 Å². The van der Waals surface area contributed by atoms with Gasteiger partial charge >= 0.3 is 0 Å². The molecule has 0 radical (unpaired) electrons. The third kappa shape index (κ3) is 8.73. The van der Waals surface area contributed by atoms with Gasteiger partial charge in [-0.05, 0) is 43.5 Å². The fourth-order valence-electron chi connectivity index (χ4n) is 4.31. The normalized spacial score (nSPS) is 14.7. The van der Waals surface area contributed by atoms with Crippen molar-refractivity contribution in [2.45, 2.75) is 51.7 Å². The van der Waals surface area contributed by atoms with Crippen LogP contribution in [0.1, 0.15) is 44.2 Å². The van der Waals surface area contributed by atoms with Crippen LogP contribution in [0, 0.1) is 5.41 Å². The average Bonchev–Trinajstić information content (AvgIpc) is 2.74. The smallest absolute Gasteiger partial charge is 0.227 e. The highest BCUT2D eigenvalue weighted by molar-refractivity contribution is 5.83. The van der Waals surface area contributed by atoms with Gasteiger partial charge < -0.3 is 20.6 Å². The molecule has 1 unspecified atom stereocenters. The Kier molecular flexibility index (Phi) is 10.4. The molecule has 3 N–H and O–H groups in total. The molecule has 0 aliphatic rings. The van der Waals surface area contributed by atoms with Crippen LogP contribution in [-0.2, 0) is 11.2 Å². The number of carbonyl (C=O) groups is 1. The predicted molar refractivity (Wildman–Crippen MR) is 133 cm³/mol. The molecule has 0 saturated carbocycles. The fourth-order valence-corrected chi connectivity index (χ4v) is 4.31. The lowest BCUT2D eigenvalue weighted by Gasteiger charge is -2.31. The molecular formula is C27H41N3O2. The van der Waals surface area contributed by atoms with Crippen molar-refractivity contribution in [2.24, 2.45) is 5.41 Å². The van der Waals surface area contributed by atoms with Crippen molar-refractivity contribution in [1.29, 1.82) is 0 Å². The minimum atomic E-state index is -0.692. The van der Waals surface area contributed by atoms with E-state index in [1.807, 2.05) is 67.6 Å². The number of carbonyl (C=O) groups excluding carboxylic acids is 1. The Bertz CT molecular complexity index is 793. The Hall–Kier alpha value is -2.21. The molecule has 3 atom stereocenters. The van der Waals surface area contributed by atoms with Crippen molar-refractivity contribution >= 4 is 5.91 Å². The number of amides is 1. The summed E-state index contributed by atoms with van der Waals surface area (Å²) in [4.78, 5) is 15.4. The number of aliphatic hydroxyl groups excluding tert-OH is 1. The summed E-state index contributed by atoms with van der Waals surface area (Å²) in [5.41, 5.74) is 2.18. The average molecular weight is 440 g/mol. The van der Waals surface area contributed by atoms with E-state index in [4.69, 9.17) is 0 Å². The summed E-state index contributed by atoms with van der Waals surface area (Å²) >= 11 is 0. The zero-order chi connectivity index (χ0) is 23.6. The van der Waals surface area contributed by atoms with Crippen LogP contribution in [-0.4, -0.2) is 61.8 Å². The van der Waals surface area contributed by atoms with Crippen molar-refractivity contribution in [3.63, 3.8) is 0 Å². The molecule has 32 heavy (non-hydrogen) atoms. The number of aliphatic hydroxyl groups is 1. The Morgan fingerprint density at radius 3 is 2.19 bits per heavy atom. The van der Waals surface area contributed by atoms with Crippen LogP contribution in [0.5, 0.6) is 0 Å². The van der Waals surface area contributed by atoms with Gasteiger partial charge in [-0.25, -0.2) is 0 Å². The first kappa shape index (κ1) is 26.0. The van der Waals surface area contributed by atoms with E-state index >= 15 is 0 Å². The van der Waals surface area contributed by atoms with Gasteiger partial charge in [0.15, 0.2) is 0 Å². The number of benzene rings is 2. The van der Waals surface area contributed by atoms with E-state index in [9.17, 15) is 9.90 Å². The summed E-state index contributed by atoms with van der Waals surface area (Å²) in [5.74, 6) is -0.264. The van der Waals surface area contributed by atoms with Gasteiger partial charge in [-0.3, -0.25) is 4.79 Å². The molecule has 0 spiro atoms. The summed E-state index contributed by atoms with van der Waals surface area (Å²) in [6.45, 7) is 8.61. The van der Waals surface area contributed by atoms with Crippen LogP contribution in [0.2, 0.25) is 0 Å². The monoisotopic (exact) mass is 439 g/mol. The van der Waals surface area contributed by atoms with E-state index in [1.165, 1.54) is 0 Å². The Morgan fingerprint density at radius 2 is 1.62 bits per heavy atom. The van der Waals surface area contributed by atoms with Gasteiger partial charge in [-0.2, -0.15) is 0 Å². The molecule has 0 bridgehead atoms. The third-order valence-corrected chi connectivity index (χ3v) is 5.72. The first-order valence-electron chi connectivity index (χ1n) is 11.6. The second-order valence-corrected chi connectivity index (χ2v) is 9.78. The van der Waals surface area contributed by atoms with Crippen molar-refractivity contribution in [1.82, 2.24) is 15.5 Å². The number of hydrogen-bond acceptors (Lipinski definition) is 4. The SMILES string of the molecule is CCC(C(=O)N[C@@H](Cc1ccccc1)[C@H](O)CNCC(C)(C)CN(C)C)c1ccccc1. The van der Waals surface area contributed by atoms with Crippen LogP contribution in [0.25, 0.3) is 0 Å². The van der Waals surface area contributed by atoms with E-state index < -0.39 is 6.10 Å².